The van der Waals surface area contributed by atoms with Gasteiger partial charge in [0, 0.05) is 31.7 Å². The molecule has 0 aromatic heterocycles. The van der Waals surface area contributed by atoms with Crippen LogP contribution < -0.4 is 4.90 Å². The van der Waals surface area contributed by atoms with Crippen molar-refractivity contribution < 1.29 is 23.9 Å². The van der Waals surface area contributed by atoms with Gasteiger partial charge in [-0.15, -0.1) is 0 Å². The molecule has 128 valence electrons. The molecule has 1 aromatic carbocycles. The van der Waals surface area contributed by atoms with Gasteiger partial charge in [0.05, 0.1) is 11.8 Å². The van der Waals surface area contributed by atoms with Crippen LogP contribution in [0.15, 0.2) is 24.3 Å². The second-order valence-corrected chi connectivity index (χ2v) is 6.32. The third kappa shape index (κ3) is 3.25. The fourth-order valence-electron chi connectivity index (χ4n) is 3.35. The Labute approximate surface area is 138 Å². The summed E-state index contributed by atoms with van der Waals surface area (Å²) in [7, 11) is 0. The molecule has 3 rings (SSSR count). The first-order chi connectivity index (χ1) is 11.5. The standard InChI is InChI=1S/C17H19FN2O4/c18-13-1-3-14(4-2-13)20-10-12(9-15(20)21)16(22)19-7-5-11(6-8-19)17(23)24/h1-4,11-12H,5-10H2,(H,23,24)/t12-/m0/s1. The lowest BCUT2D eigenvalue weighted by Gasteiger charge is -2.31. The molecule has 2 saturated heterocycles. The molecule has 6 nitrogen and oxygen atoms in total. The third-order valence-electron chi connectivity index (χ3n) is 4.77. The van der Waals surface area contributed by atoms with Gasteiger partial charge in [-0.2, -0.15) is 0 Å². The van der Waals surface area contributed by atoms with Crippen LogP contribution >= 0.6 is 0 Å². The van der Waals surface area contributed by atoms with E-state index in [1.807, 2.05) is 0 Å². The van der Waals surface area contributed by atoms with Crippen molar-refractivity contribution in [3.63, 3.8) is 0 Å². The van der Waals surface area contributed by atoms with Gasteiger partial charge in [0.15, 0.2) is 0 Å². The Morgan fingerprint density at radius 1 is 1.08 bits per heavy atom. The van der Waals surface area contributed by atoms with Gasteiger partial charge in [-0.1, -0.05) is 0 Å². The molecule has 2 amide bonds. The number of carboxylic acid groups (broad SMARTS) is 1. The third-order valence-corrected chi connectivity index (χ3v) is 4.77. The zero-order chi connectivity index (χ0) is 17.3. The van der Waals surface area contributed by atoms with E-state index in [0.29, 0.717) is 31.6 Å². The smallest absolute Gasteiger partial charge is 0.306 e. The normalized spacial score (nSPS) is 22.0. The average molecular weight is 334 g/mol. The molecule has 2 aliphatic heterocycles. The quantitative estimate of drug-likeness (QED) is 0.909. The van der Waals surface area contributed by atoms with Crippen molar-refractivity contribution in [2.75, 3.05) is 24.5 Å². The zero-order valence-electron chi connectivity index (χ0n) is 13.2. The molecule has 0 aliphatic carbocycles. The number of piperidine rings is 1. The Bertz CT molecular complexity index is 653. The maximum Gasteiger partial charge on any atom is 0.306 e. The van der Waals surface area contributed by atoms with Gasteiger partial charge in [0.2, 0.25) is 11.8 Å². The van der Waals surface area contributed by atoms with E-state index in [9.17, 15) is 18.8 Å². The van der Waals surface area contributed by atoms with Crippen LogP contribution in [0.4, 0.5) is 10.1 Å². The first kappa shape index (κ1) is 16.4. The molecular weight excluding hydrogens is 315 g/mol. The Morgan fingerprint density at radius 2 is 1.71 bits per heavy atom. The predicted molar refractivity (Wildman–Crippen MR) is 83.8 cm³/mol. The van der Waals surface area contributed by atoms with Crippen molar-refractivity contribution in [1.29, 1.82) is 0 Å². The molecule has 0 unspecified atom stereocenters. The average Bonchev–Trinajstić information content (AvgIpc) is 2.97. The van der Waals surface area contributed by atoms with E-state index < -0.39 is 17.8 Å². The number of amides is 2. The van der Waals surface area contributed by atoms with Gasteiger partial charge in [-0.05, 0) is 37.1 Å². The number of hydrogen-bond donors (Lipinski definition) is 1. The molecular formula is C17H19FN2O4. The molecule has 1 atom stereocenters. The molecule has 2 heterocycles. The van der Waals surface area contributed by atoms with E-state index in [4.69, 9.17) is 5.11 Å². The number of carbonyl (C=O) groups excluding carboxylic acids is 2. The number of likely N-dealkylation sites (tertiary alicyclic amines) is 1. The second kappa shape index (κ2) is 6.59. The summed E-state index contributed by atoms with van der Waals surface area (Å²) in [5, 5.41) is 9.01. The highest BCUT2D eigenvalue weighted by Gasteiger charge is 2.38. The Balaban J connectivity index is 1.62. The number of aliphatic carboxylic acids is 1. The summed E-state index contributed by atoms with van der Waals surface area (Å²) in [5.74, 6) is -2.27. The van der Waals surface area contributed by atoms with E-state index in [1.54, 1.807) is 4.90 Å². The van der Waals surface area contributed by atoms with Crippen LogP contribution in [0.3, 0.4) is 0 Å². The minimum Gasteiger partial charge on any atom is -0.481 e. The highest BCUT2D eigenvalue weighted by molar-refractivity contribution is 6.00. The molecule has 2 aliphatic rings. The van der Waals surface area contributed by atoms with Crippen molar-refractivity contribution in [3.05, 3.63) is 30.1 Å². The molecule has 7 heteroatoms. The highest BCUT2D eigenvalue weighted by atomic mass is 19.1. The summed E-state index contributed by atoms with van der Waals surface area (Å²) in [6.07, 6.45) is 1.03. The summed E-state index contributed by atoms with van der Waals surface area (Å²) in [6.45, 7) is 1.11. The van der Waals surface area contributed by atoms with E-state index in [0.717, 1.165) is 0 Å². The summed E-state index contributed by atoms with van der Waals surface area (Å²) in [4.78, 5) is 38.9. The first-order valence-corrected chi connectivity index (χ1v) is 8.03. The van der Waals surface area contributed by atoms with Crippen molar-refractivity contribution in [2.24, 2.45) is 11.8 Å². The SMILES string of the molecule is O=C(O)C1CCN(C(=O)[C@H]2CC(=O)N(c3ccc(F)cc3)C2)CC1. The fourth-order valence-corrected chi connectivity index (χ4v) is 3.35. The second-order valence-electron chi connectivity index (χ2n) is 6.32. The predicted octanol–water partition coefficient (Wildman–Crippen LogP) is 1.50. The highest BCUT2D eigenvalue weighted by Crippen LogP contribution is 2.28. The topological polar surface area (TPSA) is 77.9 Å². The van der Waals surface area contributed by atoms with Crippen LogP contribution in [0.5, 0.6) is 0 Å². The number of rotatable bonds is 3. The number of hydrogen-bond acceptors (Lipinski definition) is 3. The Morgan fingerprint density at radius 3 is 2.29 bits per heavy atom. The number of carbonyl (C=O) groups is 3. The summed E-state index contributed by atoms with van der Waals surface area (Å²) >= 11 is 0. The van der Waals surface area contributed by atoms with Crippen LogP contribution in [0.25, 0.3) is 0 Å². The van der Waals surface area contributed by atoms with Crippen LogP contribution in [0.2, 0.25) is 0 Å². The molecule has 1 N–H and O–H groups in total. The monoisotopic (exact) mass is 334 g/mol. The van der Waals surface area contributed by atoms with Crippen molar-refractivity contribution in [3.8, 4) is 0 Å². The van der Waals surface area contributed by atoms with E-state index in [2.05, 4.69) is 0 Å². The molecule has 0 spiro atoms. The van der Waals surface area contributed by atoms with Gasteiger partial charge in [0.25, 0.3) is 0 Å². The van der Waals surface area contributed by atoms with Crippen LogP contribution in [0.1, 0.15) is 19.3 Å². The Hall–Kier alpha value is -2.44. The summed E-state index contributed by atoms with van der Waals surface area (Å²) in [6, 6.07) is 5.62. The largest absolute Gasteiger partial charge is 0.481 e. The van der Waals surface area contributed by atoms with Gasteiger partial charge in [-0.25, -0.2) is 4.39 Å². The van der Waals surface area contributed by atoms with Gasteiger partial charge < -0.3 is 14.9 Å². The van der Waals surface area contributed by atoms with Gasteiger partial charge in [-0.3, -0.25) is 14.4 Å². The van der Waals surface area contributed by atoms with Crippen molar-refractivity contribution in [1.82, 2.24) is 4.90 Å². The number of halogens is 1. The molecule has 0 bridgehead atoms. The lowest BCUT2D eigenvalue weighted by molar-refractivity contribution is -0.146. The number of carboxylic acids is 1. The molecule has 2 fully saturated rings. The minimum atomic E-state index is -0.819. The molecule has 0 radical (unpaired) electrons. The molecule has 24 heavy (non-hydrogen) atoms. The lowest BCUT2D eigenvalue weighted by Crippen LogP contribution is -2.43. The van der Waals surface area contributed by atoms with Crippen LogP contribution in [-0.4, -0.2) is 47.4 Å². The fraction of sp³-hybridized carbons (Fsp3) is 0.471. The summed E-state index contributed by atoms with van der Waals surface area (Å²) in [5.41, 5.74) is 0.585. The maximum atomic E-state index is 13.0. The Kier molecular flexibility index (Phi) is 4.51. The van der Waals surface area contributed by atoms with Crippen molar-refractivity contribution >= 4 is 23.5 Å². The van der Waals surface area contributed by atoms with E-state index in [-0.39, 0.29) is 30.6 Å². The van der Waals surface area contributed by atoms with Gasteiger partial charge in [0.1, 0.15) is 5.82 Å². The summed E-state index contributed by atoms with van der Waals surface area (Å²) < 4.78 is 13.0. The van der Waals surface area contributed by atoms with Crippen LogP contribution in [0, 0.1) is 17.7 Å². The first-order valence-electron chi connectivity index (χ1n) is 8.03. The molecule has 0 saturated carbocycles. The maximum absolute atomic E-state index is 13.0. The number of anilines is 1. The van der Waals surface area contributed by atoms with Crippen molar-refractivity contribution in [2.45, 2.75) is 19.3 Å². The van der Waals surface area contributed by atoms with Crippen LogP contribution in [-0.2, 0) is 14.4 Å². The minimum absolute atomic E-state index is 0.100. The number of nitrogens with zero attached hydrogens (tertiary/aromatic N) is 2. The lowest BCUT2D eigenvalue weighted by atomic mass is 9.95. The van der Waals surface area contributed by atoms with Gasteiger partial charge >= 0.3 is 5.97 Å². The zero-order valence-corrected chi connectivity index (χ0v) is 13.2. The number of benzene rings is 1. The van der Waals surface area contributed by atoms with E-state index in [1.165, 1.54) is 29.2 Å². The molecule has 1 aromatic rings. The van der Waals surface area contributed by atoms with E-state index >= 15 is 0 Å².